The minimum absolute atomic E-state index is 0.116. The molecule has 0 spiro atoms. The van der Waals surface area contributed by atoms with Gasteiger partial charge in [0.1, 0.15) is 0 Å². The van der Waals surface area contributed by atoms with Gasteiger partial charge in [-0.25, -0.2) is 0 Å². The van der Waals surface area contributed by atoms with Gasteiger partial charge in [0.05, 0.1) is 30.9 Å². The number of hydrogen-bond donors (Lipinski definition) is 0. The molecule has 2 heterocycles. The zero-order chi connectivity index (χ0) is 19.2. The smallest absolute Gasteiger partial charge is 0.259 e. The number of pyridine rings is 1. The Bertz CT molecular complexity index is 810. The Labute approximate surface area is 159 Å². The van der Waals surface area contributed by atoms with Crippen molar-refractivity contribution in [2.75, 3.05) is 58.6 Å². The molecule has 1 fully saturated rings. The molecular formula is C20H28N2O5. The summed E-state index contributed by atoms with van der Waals surface area (Å²) < 4.78 is 23.3. The minimum atomic E-state index is -0.695. The first-order valence-electron chi connectivity index (χ1n) is 9.33. The average Bonchev–Trinajstić information content (AvgIpc) is 2.71. The second kappa shape index (κ2) is 9.32. The molecule has 1 saturated heterocycles. The van der Waals surface area contributed by atoms with Crippen molar-refractivity contribution in [3.05, 3.63) is 40.2 Å². The standard InChI is InChI=1S/C20H28N2O5/c1-4-26-12-9-22-18-14-16(21-7-10-27-11-8-21)6-5-15(18)13-17(19(22)23)20(24-2)25-3/h5-6,13-14,20H,4,7-12H2,1-3H3. The Hall–Kier alpha value is -1.93. The van der Waals surface area contributed by atoms with Crippen LogP contribution in [0.3, 0.4) is 0 Å². The third kappa shape index (κ3) is 4.32. The van der Waals surface area contributed by atoms with Crippen LogP contribution in [0.1, 0.15) is 18.8 Å². The number of benzene rings is 1. The van der Waals surface area contributed by atoms with Crippen LogP contribution in [-0.2, 0) is 25.5 Å². The summed E-state index contributed by atoms with van der Waals surface area (Å²) in [4.78, 5) is 15.4. The summed E-state index contributed by atoms with van der Waals surface area (Å²) in [5, 5.41) is 0.970. The summed E-state index contributed by atoms with van der Waals surface area (Å²) in [5.41, 5.74) is 2.36. The van der Waals surface area contributed by atoms with Gasteiger partial charge in [-0.3, -0.25) is 4.79 Å². The first-order chi connectivity index (χ1) is 13.2. The molecule has 0 atom stereocenters. The molecule has 1 aliphatic rings. The van der Waals surface area contributed by atoms with E-state index in [1.807, 2.05) is 19.1 Å². The maximum atomic E-state index is 13.1. The monoisotopic (exact) mass is 376 g/mol. The van der Waals surface area contributed by atoms with Crippen LogP contribution in [0.5, 0.6) is 0 Å². The van der Waals surface area contributed by atoms with E-state index < -0.39 is 6.29 Å². The highest BCUT2D eigenvalue weighted by Crippen LogP contribution is 2.25. The highest BCUT2D eigenvalue weighted by molar-refractivity contribution is 5.83. The van der Waals surface area contributed by atoms with E-state index in [0.29, 0.717) is 25.3 Å². The second-order valence-corrected chi connectivity index (χ2v) is 6.40. The summed E-state index contributed by atoms with van der Waals surface area (Å²) in [6.45, 7) is 6.65. The minimum Gasteiger partial charge on any atom is -0.380 e. The largest absolute Gasteiger partial charge is 0.380 e. The molecule has 1 aromatic heterocycles. The van der Waals surface area contributed by atoms with Crippen molar-refractivity contribution in [1.29, 1.82) is 0 Å². The van der Waals surface area contributed by atoms with E-state index in [1.165, 1.54) is 14.2 Å². The van der Waals surface area contributed by atoms with Gasteiger partial charge in [-0.15, -0.1) is 0 Å². The predicted octanol–water partition coefficient (Wildman–Crippen LogP) is 2.17. The number of rotatable bonds is 8. The molecule has 0 saturated carbocycles. The van der Waals surface area contributed by atoms with Crippen molar-refractivity contribution in [1.82, 2.24) is 4.57 Å². The van der Waals surface area contributed by atoms with Gasteiger partial charge in [0.25, 0.3) is 5.56 Å². The van der Waals surface area contributed by atoms with Gasteiger partial charge in [-0.2, -0.15) is 0 Å². The molecular weight excluding hydrogens is 348 g/mol. The fourth-order valence-corrected chi connectivity index (χ4v) is 3.44. The van der Waals surface area contributed by atoms with Gasteiger partial charge >= 0.3 is 0 Å². The fourth-order valence-electron chi connectivity index (χ4n) is 3.44. The molecule has 0 radical (unpaired) electrons. The lowest BCUT2D eigenvalue weighted by molar-refractivity contribution is -0.106. The Morgan fingerprint density at radius 2 is 1.89 bits per heavy atom. The molecule has 0 N–H and O–H groups in total. The summed E-state index contributed by atoms with van der Waals surface area (Å²) in [5.74, 6) is 0. The maximum Gasteiger partial charge on any atom is 0.259 e. The molecule has 1 aromatic carbocycles. The van der Waals surface area contributed by atoms with E-state index in [0.717, 1.165) is 42.9 Å². The van der Waals surface area contributed by atoms with E-state index in [1.54, 1.807) is 4.57 Å². The van der Waals surface area contributed by atoms with Crippen LogP contribution in [0.2, 0.25) is 0 Å². The normalized spacial score (nSPS) is 15.0. The Kier molecular flexibility index (Phi) is 6.84. The maximum absolute atomic E-state index is 13.1. The third-order valence-electron chi connectivity index (χ3n) is 4.83. The first-order valence-corrected chi connectivity index (χ1v) is 9.33. The van der Waals surface area contributed by atoms with Gasteiger partial charge in [-0.05, 0) is 30.5 Å². The molecule has 0 unspecified atom stereocenters. The van der Waals surface area contributed by atoms with Crippen molar-refractivity contribution in [2.45, 2.75) is 19.8 Å². The van der Waals surface area contributed by atoms with Crippen LogP contribution in [-0.4, -0.2) is 58.3 Å². The van der Waals surface area contributed by atoms with Crippen LogP contribution in [0.25, 0.3) is 10.9 Å². The molecule has 7 heteroatoms. The molecule has 2 aromatic rings. The number of nitrogens with zero attached hydrogens (tertiary/aromatic N) is 2. The van der Waals surface area contributed by atoms with E-state index in [9.17, 15) is 4.79 Å². The van der Waals surface area contributed by atoms with Crippen molar-refractivity contribution in [2.24, 2.45) is 0 Å². The summed E-state index contributed by atoms with van der Waals surface area (Å²) in [6, 6.07) is 8.06. The lowest BCUT2D eigenvalue weighted by Crippen LogP contribution is -2.36. The number of methoxy groups -OCH3 is 2. The first kappa shape index (κ1) is 19.8. The number of hydrogen-bond acceptors (Lipinski definition) is 6. The van der Waals surface area contributed by atoms with E-state index >= 15 is 0 Å². The molecule has 7 nitrogen and oxygen atoms in total. The summed E-state index contributed by atoms with van der Waals surface area (Å²) >= 11 is 0. The van der Waals surface area contributed by atoms with Crippen LogP contribution < -0.4 is 10.5 Å². The van der Waals surface area contributed by atoms with Crippen molar-refractivity contribution < 1.29 is 18.9 Å². The summed E-state index contributed by atoms with van der Waals surface area (Å²) in [6.07, 6.45) is -0.695. The van der Waals surface area contributed by atoms with E-state index in [-0.39, 0.29) is 5.56 Å². The van der Waals surface area contributed by atoms with Crippen LogP contribution in [0, 0.1) is 0 Å². The van der Waals surface area contributed by atoms with Crippen LogP contribution >= 0.6 is 0 Å². The molecule has 0 amide bonds. The number of anilines is 1. The number of aromatic nitrogens is 1. The van der Waals surface area contributed by atoms with Crippen molar-refractivity contribution in [3.63, 3.8) is 0 Å². The third-order valence-corrected chi connectivity index (χ3v) is 4.83. The van der Waals surface area contributed by atoms with Crippen molar-refractivity contribution >= 4 is 16.6 Å². The molecule has 0 aliphatic carbocycles. The van der Waals surface area contributed by atoms with Crippen LogP contribution in [0.4, 0.5) is 5.69 Å². The highest BCUT2D eigenvalue weighted by atomic mass is 16.7. The number of fused-ring (bicyclic) bond motifs is 1. The molecule has 3 rings (SSSR count). The lowest BCUT2D eigenvalue weighted by Gasteiger charge is -2.29. The van der Waals surface area contributed by atoms with E-state index in [4.69, 9.17) is 18.9 Å². The topological polar surface area (TPSA) is 62.2 Å². The number of morpholine rings is 1. The predicted molar refractivity (Wildman–Crippen MR) is 104 cm³/mol. The van der Waals surface area contributed by atoms with Gasteiger partial charge in [0.2, 0.25) is 0 Å². The second-order valence-electron chi connectivity index (χ2n) is 6.40. The van der Waals surface area contributed by atoms with Crippen LogP contribution in [0.15, 0.2) is 29.1 Å². The van der Waals surface area contributed by atoms with E-state index in [2.05, 4.69) is 17.0 Å². The Morgan fingerprint density at radius 3 is 2.56 bits per heavy atom. The zero-order valence-electron chi connectivity index (χ0n) is 16.3. The number of ether oxygens (including phenoxy) is 4. The molecule has 1 aliphatic heterocycles. The SMILES string of the molecule is CCOCCn1c(=O)c(C(OC)OC)cc2ccc(N3CCOCC3)cc21. The Balaban J connectivity index is 2.08. The summed E-state index contributed by atoms with van der Waals surface area (Å²) in [7, 11) is 3.06. The molecule has 148 valence electrons. The van der Waals surface area contributed by atoms with Gasteiger partial charge in [-0.1, -0.05) is 6.07 Å². The quantitative estimate of drug-likeness (QED) is 0.520. The average molecular weight is 376 g/mol. The Morgan fingerprint density at radius 1 is 1.15 bits per heavy atom. The van der Waals surface area contributed by atoms with Gasteiger partial charge in [0.15, 0.2) is 6.29 Å². The van der Waals surface area contributed by atoms with Gasteiger partial charge in [0, 0.05) is 46.1 Å². The van der Waals surface area contributed by atoms with Gasteiger partial charge < -0.3 is 28.4 Å². The lowest BCUT2D eigenvalue weighted by atomic mass is 10.1. The molecule has 0 bridgehead atoms. The zero-order valence-corrected chi connectivity index (χ0v) is 16.3. The molecule has 27 heavy (non-hydrogen) atoms. The van der Waals surface area contributed by atoms with Crippen molar-refractivity contribution in [3.8, 4) is 0 Å². The highest BCUT2D eigenvalue weighted by Gasteiger charge is 2.19. The fraction of sp³-hybridized carbons (Fsp3) is 0.550.